The molecule has 0 bridgehead atoms. The maximum Gasteiger partial charge on any atom is 0.336 e. The van der Waals surface area contributed by atoms with E-state index in [-0.39, 0.29) is 10.5 Å². The zero-order chi connectivity index (χ0) is 23.0. The van der Waals surface area contributed by atoms with Crippen LogP contribution in [0, 0.1) is 12.7 Å². The summed E-state index contributed by atoms with van der Waals surface area (Å²) in [5, 5.41) is 0.917. The van der Waals surface area contributed by atoms with Crippen molar-refractivity contribution in [2.45, 2.75) is 38.1 Å². The number of benzene rings is 2. The number of halogens is 1. The fraction of sp³-hybridized carbons (Fsp3) is 0.375. The van der Waals surface area contributed by atoms with Crippen LogP contribution in [0.15, 0.2) is 56.6 Å². The van der Waals surface area contributed by atoms with Gasteiger partial charge in [-0.1, -0.05) is 13.8 Å². The molecule has 0 radical (unpaired) electrons. The molecule has 32 heavy (non-hydrogen) atoms. The van der Waals surface area contributed by atoms with Gasteiger partial charge in [-0.2, -0.15) is 4.31 Å². The summed E-state index contributed by atoms with van der Waals surface area (Å²) < 4.78 is 45.7. The first-order valence-corrected chi connectivity index (χ1v) is 12.1. The maximum absolute atomic E-state index is 13.2. The van der Waals surface area contributed by atoms with Gasteiger partial charge in [0.05, 0.1) is 4.90 Å². The Kier molecular flexibility index (Phi) is 6.20. The molecule has 0 amide bonds. The largest absolute Gasteiger partial charge is 0.423 e. The van der Waals surface area contributed by atoms with Gasteiger partial charge in [-0.3, -0.25) is 4.90 Å². The van der Waals surface area contributed by atoms with Crippen molar-refractivity contribution < 1.29 is 17.2 Å². The van der Waals surface area contributed by atoms with Crippen LogP contribution in [0.3, 0.4) is 0 Å². The zero-order valence-corrected chi connectivity index (χ0v) is 19.3. The molecule has 2 heterocycles. The summed E-state index contributed by atoms with van der Waals surface area (Å²) in [5.41, 5.74) is 3.37. The lowest BCUT2D eigenvalue weighted by atomic mass is 9.95. The van der Waals surface area contributed by atoms with E-state index in [4.69, 9.17) is 4.42 Å². The topological polar surface area (TPSA) is 70.8 Å². The van der Waals surface area contributed by atoms with E-state index in [0.29, 0.717) is 44.2 Å². The third-order valence-corrected chi connectivity index (χ3v) is 7.93. The van der Waals surface area contributed by atoms with Crippen molar-refractivity contribution in [2.75, 3.05) is 26.2 Å². The second kappa shape index (κ2) is 8.77. The van der Waals surface area contributed by atoms with Gasteiger partial charge in [0.15, 0.2) is 0 Å². The molecule has 1 aromatic heterocycles. The SMILES string of the molecule is Cc1cc2oc(=O)cc(CN3CCN(S(=O)(=O)c4ccc(F)cc4)CC3)c2cc1C(C)C. The highest BCUT2D eigenvalue weighted by Gasteiger charge is 2.28. The van der Waals surface area contributed by atoms with Crippen LogP contribution in [-0.4, -0.2) is 43.8 Å². The number of aryl methyl sites for hydroxylation is 1. The van der Waals surface area contributed by atoms with Crippen LogP contribution in [0.4, 0.5) is 4.39 Å². The van der Waals surface area contributed by atoms with Crippen molar-refractivity contribution in [1.82, 2.24) is 9.21 Å². The van der Waals surface area contributed by atoms with Crippen LogP contribution in [0.2, 0.25) is 0 Å². The Hall–Kier alpha value is -2.55. The molecule has 0 aliphatic carbocycles. The molecule has 0 spiro atoms. The second-order valence-electron chi connectivity index (χ2n) is 8.58. The molecule has 3 aromatic rings. The van der Waals surface area contributed by atoms with E-state index in [1.54, 1.807) is 0 Å². The summed E-state index contributed by atoms with van der Waals surface area (Å²) in [7, 11) is -3.66. The molecule has 6 nitrogen and oxygen atoms in total. The van der Waals surface area contributed by atoms with E-state index in [2.05, 4.69) is 24.8 Å². The van der Waals surface area contributed by atoms with E-state index in [9.17, 15) is 17.6 Å². The standard InChI is InChI=1S/C24H27FN2O4S/c1-16(2)21-14-22-18(13-24(28)31-23(22)12-17(21)3)15-26-8-10-27(11-9-26)32(29,30)20-6-4-19(25)5-7-20/h4-7,12-14,16H,8-11,15H2,1-3H3. The van der Waals surface area contributed by atoms with E-state index >= 15 is 0 Å². The molecule has 1 aliphatic rings. The van der Waals surface area contributed by atoms with Gasteiger partial charge in [-0.15, -0.1) is 0 Å². The van der Waals surface area contributed by atoms with Crippen molar-refractivity contribution >= 4 is 21.0 Å². The number of hydrogen-bond acceptors (Lipinski definition) is 5. The van der Waals surface area contributed by atoms with Crippen LogP contribution in [0.5, 0.6) is 0 Å². The summed E-state index contributed by atoms with van der Waals surface area (Å²) in [6.45, 7) is 8.54. The number of nitrogens with zero attached hydrogens (tertiary/aromatic N) is 2. The normalized spacial score (nSPS) is 16.2. The van der Waals surface area contributed by atoms with E-state index in [0.717, 1.165) is 28.6 Å². The van der Waals surface area contributed by atoms with Gasteiger partial charge < -0.3 is 4.42 Å². The third-order valence-electron chi connectivity index (χ3n) is 6.02. The van der Waals surface area contributed by atoms with Crippen molar-refractivity contribution in [3.63, 3.8) is 0 Å². The van der Waals surface area contributed by atoms with E-state index in [1.165, 1.54) is 28.1 Å². The van der Waals surface area contributed by atoms with Gasteiger partial charge in [0.2, 0.25) is 10.0 Å². The van der Waals surface area contributed by atoms with Crippen molar-refractivity contribution in [3.05, 3.63) is 75.4 Å². The third kappa shape index (κ3) is 4.48. The highest BCUT2D eigenvalue weighted by atomic mass is 32.2. The lowest BCUT2D eigenvalue weighted by Gasteiger charge is -2.34. The van der Waals surface area contributed by atoms with Crippen LogP contribution < -0.4 is 5.63 Å². The minimum atomic E-state index is -3.66. The summed E-state index contributed by atoms with van der Waals surface area (Å²) in [4.78, 5) is 14.4. The molecule has 0 N–H and O–H groups in total. The molecule has 0 saturated carbocycles. The number of fused-ring (bicyclic) bond motifs is 1. The lowest BCUT2D eigenvalue weighted by molar-refractivity contribution is 0.182. The molecule has 1 fully saturated rings. The molecular formula is C24H27FN2O4S. The Bertz CT molecular complexity index is 1290. The van der Waals surface area contributed by atoms with Gasteiger partial charge in [-0.05, 0) is 65.9 Å². The molecule has 0 atom stereocenters. The van der Waals surface area contributed by atoms with E-state index < -0.39 is 15.8 Å². The molecule has 0 unspecified atom stereocenters. The zero-order valence-electron chi connectivity index (χ0n) is 18.5. The molecule has 2 aromatic carbocycles. The number of rotatable bonds is 5. The highest BCUT2D eigenvalue weighted by molar-refractivity contribution is 7.89. The average molecular weight is 459 g/mol. The van der Waals surface area contributed by atoms with Gasteiger partial charge >= 0.3 is 5.63 Å². The Balaban J connectivity index is 1.53. The fourth-order valence-electron chi connectivity index (χ4n) is 4.27. The Morgan fingerprint density at radius 3 is 2.31 bits per heavy atom. The summed E-state index contributed by atoms with van der Waals surface area (Å²) in [6.07, 6.45) is 0. The highest BCUT2D eigenvalue weighted by Crippen LogP contribution is 2.28. The second-order valence-corrected chi connectivity index (χ2v) is 10.5. The smallest absolute Gasteiger partial charge is 0.336 e. The fourth-order valence-corrected chi connectivity index (χ4v) is 5.69. The van der Waals surface area contributed by atoms with Crippen LogP contribution in [0.1, 0.15) is 36.5 Å². The summed E-state index contributed by atoms with van der Waals surface area (Å²) >= 11 is 0. The van der Waals surface area contributed by atoms with Crippen molar-refractivity contribution in [2.24, 2.45) is 0 Å². The molecule has 4 rings (SSSR count). The van der Waals surface area contributed by atoms with Gasteiger partial charge in [-0.25, -0.2) is 17.6 Å². The van der Waals surface area contributed by atoms with Gasteiger partial charge in [0, 0.05) is 44.2 Å². The first-order valence-electron chi connectivity index (χ1n) is 10.7. The molecule has 1 saturated heterocycles. The molecule has 170 valence electrons. The van der Waals surface area contributed by atoms with Gasteiger partial charge in [0.1, 0.15) is 11.4 Å². The monoisotopic (exact) mass is 458 g/mol. The maximum atomic E-state index is 13.2. The quantitative estimate of drug-likeness (QED) is 0.543. The van der Waals surface area contributed by atoms with Crippen molar-refractivity contribution in [3.8, 4) is 0 Å². The summed E-state index contributed by atoms with van der Waals surface area (Å²) in [6, 6.07) is 10.4. The Morgan fingerprint density at radius 1 is 1.03 bits per heavy atom. The van der Waals surface area contributed by atoms with Crippen molar-refractivity contribution in [1.29, 1.82) is 0 Å². The Labute approximate surface area is 187 Å². The molecular weight excluding hydrogens is 431 g/mol. The first-order chi connectivity index (χ1) is 15.1. The van der Waals surface area contributed by atoms with E-state index in [1.807, 2.05) is 13.0 Å². The Morgan fingerprint density at radius 2 is 1.69 bits per heavy atom. The predicted octanol–water partition coefficient (Wildman–Crippen LogP) is 3.87. The average Bonchev–Trinajstić information content (AvgIpc) is 2.73. The van der Waals surface area contributed by atoms with Crippen LogP contribution in [0.25, 0.3) is 11.0 Å². The first kappa shape index (κ1) is 22.6. The lowest BCUT2D eigenvalue weighted by Crippen LogP contribution is -2.48. The molecule has 1 aliphatic heterocycles. The predicted molar refractivity (Wildman–Crippen MR) is 122 cm³/mol. The van der Waals surface area contributed by atoms with Crippen LogP contribution >= 0.6 is 0 Å². The molecule has 8 heteroatoms. The number of hydrogen-bond donors (Lipinski definition) is 0. The van der Waals surface area contributed by atoms with Crippen LogP contribution in [-0.2, 0) is 16.6 Å². The minimum absolute atomic E-state index is 0.0931. The summed E-state index contributed by atoms with van der Waals surface area (Å²) in [5.74, 6) is -0.122. The minimum Gasteiger partial charge on any atom is -0.423 e. The number of sulfonamides is 1. The van der Waals surface area contributed by atoms with Gasteiger partial charge in [0.25, 0.3) is 0 Å². The number of piperazine rings is 1.